The number of carbonyl (C=O) groups excluding carboxylic acids is 1. The largest absolute Gasteiger partial charge is 0.368 e. The van der Waals surface area contributed by atoms with Crippen molar-refractivity contribution in [3.8, 4) is 0 Å². The van der Waals surface area contributed by atoms with E-state index in [0.29, 0.717) is 28.3 Å². The Morgan fingerprint density at radius 1 is 1.37 bits per heavy atom. The number of rotatable bonds is 3. The molecule has 2 N–H and O–H groups in total. The molecular formula is C11H12Br2N2O3S. The molecule has 0 unspecified atom stereocenters. The molecule has 0 aromatic heterocycles. The Balaban J connectivity index is 2.48. The maximum atomic E-state index is 12.6. The van der Waals surface area contributed by atoms with Gasteiger partial charge in [-0.3, -0.25) is 4.79 Å². The highest BCUT2D eigenvalue weighted by Crippen LogP contribution is 2.32. The highest BCUT2D eigenvalue weighted by Gasteiger charge is 2.39. The Kier molecular flexibility index (Phi) is 4.34. The number of nitrogens with zero attached hydrogens (tertiary/aromatic N) is 1. The van der Waals surface area contributed by atoms with Crippen molar-refractivity contribution in [2.45, 2.75) is 23.8 Å². The normalized spacial score (nSPS) is 20.6. The van der Waals surface area contributed by atoms with Crippen LogP contribution in [0.25, 0.3) is 0 Å². The SMILES string of the molecule is NC(=O)[C@H]1CCCN1S(=O)(=O)c1cc(Br)ccc1Br. The standard InChI is InChI=1S/C11H12Br2N2O3S/c12-7-3-4-8(13)10(6-7)19(17,18)15-5-1-2-9(15)11(14)16/h3-4,6,9H,1-2,5H2,(H2,14,16)/t9-/m1/s1. The van der Waals surface area contributed by atoms with Crippen LogP contribution in [0, 0.1) is 0 Å². The number of amides is 1. The van der Waals surface area contributed by atoms with Gasteiger partial charge in [-0.2, -0.15) is 4.31 Å². The van der Waals surface area contributed by atoms with Gasteiger partial charge >= 0.3 is 0 Å². The summed E-state index contributed by atoms with van der Waals surface area (Å²) >= 11 is 6.47. The van der Waals surface area contributed by atoms with Gasteiger partial charge in [0.1, 0.15) is 6.04 Å². The van der Waals surface area contributed by atoms with Crippen molar-refractivity contribution in [2.24, 2.45) is 5.73 Å². The number of sulfonamides is 1. The fraction of sp³-hybridized carbons (Fsp3) is 0.364. The third-order valence-corrected chi connectivity index (χ3v) is 6.41. The van der Waals surface area contributed by atoms with E-state index in [4.69, 9.17) is 5.73 Å². The molecule has 104 valence electrons. The van der Waals surface area contributed by atoms with Crippen LogP contribution in [0.2, 0.25) is 0 Å². The summed E-state index contributed by atoms with van der Waals surface area (Å²) in [5, 5.41) is 0. The Morgan fingerprint density at radius 3 is 2.68 bits per heavy atom. The molecule has 0 saturated carbocycles. The van der Waals surface area contributed by atoms with Crippen LogP contribution >= 0.6 is 31.9 Å². The molecule has 1 saturated heterocycles. The van der Waals surface area contributed by atoms with Crippen molar-refractivity contribution < 1.29 is 13.2 Å². The molecular weight excluding hydrogens is 400 g/mol. The summed E-state index contributed by atoms with van der Waals surface area (Å²) in [5.74, 6) is -0.604. The monoisotopic (exact) mass is 410 g/mol. The minimum atomic E-state index is -3.73. The lowest BCUT2D eigenvalue weighted by Gasteiger charge is -2.22. The maximum absolute atomic E-state index is 12.6. The second-order valence-corrected chi connectivity index (χ2v) is 7.88. The lowest BCUT2D eigenvalue weighted by Crippen LogP contribution is -2.43. The van der Waals surface area contributed by atoms with Crippen LogP contribution in [0.3, 0.4) is 0 Å². The minimum Gasteiger partial charge on any atom is -0.368 e. The molecule has 0 radical (unpaired) electrons. The van der Waals surface area contributed by atoms with Gasteiger partial charge in [0.25, 0.3) is 0 Å². The molecule has 5 nitrogen and oxygen atoms in total. The first-order valence-corrected chi connectivity index (χ1v) is 8.63. The van der Waals surface area contributed by atoms with E-state index in [9.17, 15) is 13.2 Å². The lowest BCUT2D eigenvalue weighted by molar-refractivity contribution is -0.121. The predicted octanol–water partition coefficient (Wildman–Crippen LogP) is 1.85. The third-order valence-electron chi connectivity index (χ3n) is 3.01. The lowest BCUT2D eigenvalue weighted by atomic mass is 10.2. The quantitative estimate of drug-likeness (QED) is 0.823. The first kappa shape index (κ1) is 15.0. The molecule has 1 aliphatic rings. The number of hydrogen-bond acceptors (Lipinski definition) is 3. The van der Waals surface area contributed by atoms with Crippen LogP contribution in [-0.2, 0) is 14.8 Å². The maximum Gasteiger partial charge on any atom is 0.244 e. The van der Waals surface area contributed by atoms with Gasteiger partial charge in [-0.1, -0.05) is 15.9 Å². The predicted molar refractivity (Wildman–Crippen MR) is 78.0 cm³/mol. The van der Waals surface area contributed by atoms with Gasteiger partial charge in [-0.25, -0.2) is 8.42 Å². The van der Waals surface area contributed by atoms with Crippen molar-refractivity contribution in [3.63, 3.8) is 0 Å². The number of benzene rings is 1. The smallest absolute Gasteiger partial charge is 0.244 e. The average molecular weight is 412 g/mol. The molecule has 8 heteroatoms. The second-order valence-electron chi connectivity index (χ2n) is 4.25. The van der Waals surface area contributed by atoms with Gasteiger partial charge in [0.15, 0.2) is 0 Å². The molecule has 1 fully saturated rings. The molecule has 2 rings (SSSR count). The van der Waals surface area contributed by atoms with E-state index in [-0.39, 0.29) is 4.90 Å². The summed E-state index contributed by atoms with van der Waals surface area (Å²) in [7, 11) is -3.73. The molecule has 0 bridgehead atoms. The average Bonchev–Trinajstić information content (AvgIpc) is 2.82. The summed E-state index contributed by atoms with van der Waals surface area (Å²) in [5.41, 5.74) is 5.26. The molecule has 1 atom stereocenters. The first-order valence-electron chi connectivity index (χ1n) is 5.60. The number of nitrogens with two attached hydrogens (primary N) is 1. The van der Waals surface area contributed by atoms with E-state index in [0.717, 1.165) is 0 Å². The van der Waals surface area contributed by atoms with Crippen LogP contribution in [0.1, 0.15) is 12.8 Å². The van der Waals surface area contributed by atoms with Crippen molar-refractivity contribution in [3.05, 3.63) is 27.1 Å². The fourth-order valence-corrected chi connectivity index (χ4v) is 5.24. The Bertz CT molecular complexity index is 618. The van der Waals surface area contributed by atoms with Crippen LogP contribution in [-0.4, -0.2) is 31.2 Å². The highest BCUT2D eigenvalue weighted by molar-refractivity contribution is 9.11. The minimum absolute atomic E-state index is 0.134. The molecule has 1 aromatic carbocycles. The number of primary amides is 1. The van der Waals surface area contributed by atoms with E-state index in [1.165, 1.54) is 10.4 Å². The second kappa shape index (κ2) is 5.51. The summed E-state index contributed by atoms with van der Waals surface area (Å²) in [6.07, 6.45) is 1.11. The van der Waals surface area contributed by atoms with Gasteiger partial charge in [-0.15, -0.1) is 0 Å². The molecule has 0 aliphatic carbocycles. The van der Waals surface area contributed by atoms with Gasteiger partial charge in [0.05, 0.1) is 4.90 Å². The summed E-state index contributed by atoms with van der Waals surface area (Å²) in [6.45, 7) is 0.314. The first-order chi connectivity index (χ1) is 8.84. The van der Waals surface area contributed by atoms with Gasteiger partial charge in [0, 0.05) is 15.5 Å². The number of hydrogen-bond donors (Lipinski definition) is 1. The molecule has 19 heavy (non-hydrogen) atoms. The number of halogens is 2. The fourth-order valence-electron chi connectivity index (χ4n) is 2.11. The van der Waals surface area contributed by atoms with Crippen LogP contribution < -0.4 is 5.73 Å². The molecule has 0 spiro atoms. The van der Waals surface area contributed by atoms with Gasteiger partial charge < -0.3 is 5.73 Å². The van der Waals surface area contributed by atoms with E-state index in [1.54, 1.807) is 12.1 Å². The summed E-state index contributed by atoms with van der Waals surface area (Å²) in [6, 6.07) is 4.14. The molecule has 1 amide bonds. The van der Waals surface area contributed by atoms with Gasteiger partial charge in [0.2, 0.25) is 15.9 Å². The zero-order chi connectivity index (χ0) is 14.2. The van der Waals surface area contributed by atoms with Crippen molar-refractivity contribution in [2.75, 3.05) is 6.54 Å². The third kappa shape index (κ3) is 2.86. The zero-order valence-corrected chi connectivity index (χ0v) is 13.8. The number of carbonyl (C=O) groups is 1. The highest BCUT2D eigenvalue weighted by atomic mass is 79.9. The van der Waals surface area contributed by atoms with E-state index in [2.05, 4.69) is 31.9 Å². The van der Waals surface area contributed by atoms with Crippen LogP contribution in [0.5, 0.6) is 0 Å². The Hall–Kier alpha value is -0.440. The van der Waals surface area contributed by atoms with Crippen molar-refractivity contribution in [1.82, 2.24) is 4.31 Å². The molecule has 1 heterocycles. The summed E-state index contributed by atoms with van der Waals surface area (Å²) in [4.78, 5) is 11.5. The van der Waals surface area contributed by atoms with Gasteiger partial charge in [-0.05, 0) is 47.0 Å². The van der Waals surface area contributed by atoms with Crippen LogP contribution in [0.15, 0.2) is 32.0 Å². The summed E-state index contributed by atoms with van der Waals surface area (Å²) < 4.78 is 27.5. The van der Waals surface area contributed by atoms with E-state index < -0.39 is 22.0 Å². The van der Waals surface area contributed by atoms with E-state index in [1.807, 2.05) is 0 Å². The van der Waals surface area contributed by atoms with Crippen LogP contribution in [0.4, 0.5) is 0 Å². The Labute approximate surface area is 128 Å². The van der Waals surface area contributed by atoms with Crippen molar-refractivity contribution in [1.29, 1.82) is 0 Å². The van der Waals surface area contributed by atoms with Crippen molar-refractivity contribution >= 4 is 47.8 Å². The Morgan fingerprint density at radius 2 is 2.05 bits per heavy atom. The molecule has 1 aromatic rings. The molecule has 1 aliphatic heterocycles. The topological polar surface area (TPSA) is 80.5 Å². The zero-order valence-electron chi connectivity index (χ0n) is 9.84. The van der Waals surface area contributed by atoms with E-state index >= 15 is 0 Å².